The number of anilines is 1. The van der Waals surface area contributed by atoms with E-state index in [2.05, 4.69) is 0 Å². The van der Waals surface area contributed by atoms with Crippen molar-refractivity contribution >= 4 is 17.4 Å². The summed E-state index contributed by atoms with van der Waals surface area (Å²) >= 11 is 0. The van der Waals surface area contributed by atoms with Gasteiger partial charge in [0.25, 0.3) is 11.7 Å². The van der Waals surface area contributed by atoms with Crippen LogP contribution in [0.15, 0.2) is 12.1 Å². The Labute approximate surface area is 97.7 Å². The van der Waals surface area contributed by atoms with Crippen LogP contribution in [-0.4, -0.2) is 29.4 Å². The molecule has 1 aromatic rings. The molecule has 1 aliphatic heterocycles. The summed E-state index contributed by atoms with van der Waals surface area (Å²) in [5.74, 6) is -1.97. The Morgan fingerprint density at radius 3 is 2.65 bits per heavy atom. The Morgan fingerprint density at radius 1 is 1.41 bits per heavy atom. The minimum absolute atomic E-state index is 0.0318. The molecule has 1 aliphatic rings. The van der Waals surface area contributed by atoms with Gasteiger partial charge in [-0.25, -0.2) is 4.39 Å². The number of carbonyl (C=O) groups excluding carboxylic acids is 2. The SMILES string of the molecule is Cc1cc(F)cc2c1N(CC(C)O)C(=O)C2=O. The summed E-state index contributed by atoms with van der Waals surface area (Å²) in [5.41, 5.74) is 0.996. The molecule has 1 unspecified atom stereocenters. The van der Waals surface area contributed by atoms with Gasteiger partial charge in [0.15, 0.2) is 0 Å². The molecule has 1 heterocycles. The van der Waals surface area contributed by atoms with E-state index in [0.717, 1.165) is 6.07 Å². The largest absolute Gasteiger partial charge is 0.392 e. The monoisotopic (exact) mass is 237 g/mol. The van der Waals surface area contributed by atoms with E-state index in [1.54, 1.807) is 6.92 Å². The first-order valence-corrected chi connectivity index (χ1v) is 5.26. The molecular formula is C12H12FNO3. The topological polar surface area (TPSA) is 57.6 Å². The molecule has 0 bridgehead atoms. The lowest BCUT2D eigenvalue weighted by atomic mass is 10.1. The Hall–Kier alpha value is -1.75. The molecule has 1 atom stereocenters. The van der Waals surface area contributed by atoms with Gasteiger partial charge in [-0.05, 0) is 31.5 Å². The van der Waals surface area contributed by atoms with Crippen molar-refractivity contribution in [3.8, 4) is 0 Å². The van der Waals surface area contributed by atoms with E-state index in [0.29, 0.717) is 11.3 Å². The minimum Gasteiger partial charge on any atom is -0.392 e. The minimum atomic E-state index is -0.748. The van der Waals surface area contributed by atoms with Crippen molar-refractivity contribution < 1.29 is 19.1 Å². The van der Waals surface area contributed by atoms with Crippen molar-refractivity contribution in [2.24, 2.45) is 0 Å². The molecule has 2 rings (SSSR count). The molecule has 0 fully saturated rings. The number of halogens is 1. The zero-order valence-electron chi connectivity index (χ0n) is 9.53. The smallest absolute Gasteiger partial charge is 0.299 e. The van der Waals surface area contributed by atoms with E-state index in [4.69, 9.17) is 0 Å². The number of hydrogen-bond donors (Lipinski definition) is 1. The summed E-state index contributed by atoms with van der Waals surface area (Å²) in [6.07, 6.45) is -0.748. The second-order valence-electron chi connectivity index (χ2n) is 4.21. The Morgan fingerprint density at radius 2 is 2.06 bits per heavy atom. The average molecular weight is 237 g/mol. The number of fused-ring (bicyclic) bond motifs is 1. The molecule has 0 aromatic heterocycles. The first-order valence-electron chi connectivity index (χ1n) is 5.26. The van der Waals surface area contributed by atoms with Crippen LogP contribution in [0, 0.1) is 12.7 Å². The predicted molar refractivity (Wildman–Crippen MR) is 59.5 cm³/mol. The summed E-state index contributed by atoms with van der Waals surface area (Å²) in [5, 5.41) is 9.31. The van der Waals surface area contributed by atoms with E-state index < -0.39 is 23.6 Å². The lowest BCUT2D eigenvalue weighted by molar-refractivity contribution is -0.114. The first kappa shape index (κ1) is 11.7. The van der Waals surface area contributed by atoms with Crippen molar-refractivity contribution in [3.05, 3.63) is 29.1 Å². The van der Waals surface area contributed by atoms with Crippen LogP contribution in [0.3, 0.4) is 0 Å². The number of aliphatic hydroxyl groups excluding tert-OH is 1. The van der Waals surface area contributed by atoms with Crippen molar-refractivity contribution in [1.82, 2.24) is 0 Å². The van der Waals surface area contributed by atoms with Gasteiger partial charge in [-0.3, -0.25) is 9.59 Å². The van der Waals surface area contributed by atoms with Gasteiger partial charge in [0.1, 0.15) is 5.82 Å². The molecule has 1 N–H and O–H groups in total. The Bertz CT molecular complexity index is 511. The third kappa shape index (κ3) is 1.82. The highest BCUT2D eigenvalue weighted by Crippen LogP contribution is 2.33. The number of Topliss-reactive ketones (excluding diaryl/α,β-unsaturated/α-hetero) is 1. The van der Waals surface area contributed by atoms with Crippen molar-refractivity contribution in [2.45, 2.75) is 20.0 Å². The van der Waals surface area contributed by atoms with Crippen LogP contribution in [0.4, 0.5) is 10.1 Å². The van der Waals surface area contributed by atoms with Gasteiger partial charge in [-0.1, -0.05) is 0 Å². The molecule has 0 spiro atoms. The van der Waals surface area contributed by atoms with Crippen molar-refractivity contribution in [2.75, 3.05) is 11.4 Å². The maximum absolute atomic E-state index is 13.2. The number of β-amino-alcohol motifs (C(OH)–C–C–N with tert-alkyl or cyclic N) is 1. The summed E-state index contributed by atoms with van der Waals surface area (Å²) in [7, 11) is 0. The van der Waals surface area contributed by atoms with Crippen LogP contribution < -0.4 is 4.90 Å². The standard InChI is InChI=1S/C12H12FNO3/c1-6-3-8(13)4-9-10(6)14(5-7(2)15)12(17)11(9)16/h3-4,7,15H,5H2,1-2H3. The van der Waals surface area contributed by atoms with Gasteiger partial charge in [-0.2, -0.15) is 0 Å². The quantitative estimate of drug-likeness (QED) is 0.782. The van der Waals surface area contributed by atoms with Crippen LogP contribution in [-0.2, 0) is 4.79 Å². The van der Waals surface area contributed by atoms with Gasteiger partial charge in [0.05, 0.1) is 23.9 Å². The van der Waals surface area contributed by atoms with Crippen LogP contribution in [0.25, 0.3) is 0 Å². The van der Waals surface area contributed by atoms with Crippen LogP contribution in [0.1, 0.15) is 22.8 Å². The third-order valence-electron chi connectivity index (χ3n) is 2.67. The second kappa shape index (κ2) is 3.92. The van der Waals surface area contributed by atoms with E-state index in [1.165, 1.54) is 17.9 Å². The van der Waals surface area contributed by atoms with Crippen LogP contribution in [0.2, 0.25) is 0 Å². The van der Waals surface area contributed by atoms with E-state index in [-0.39, 0.29) is 12.1 Å². The highest BCUT2D eigenvalue weighted by molar-refractivity contribution is 6.52. The molecule has 0 saturated carbocycles. The zero-order valence-corrected chi connectivity index (χ0v) is 9.53. The number of rotatable bonds is 2. The predicted octanol–water partition coefficient (Wildman–Crippen LogP) is 1.04. The van der Waals surface area contributed by atoms with Gasteiger partial charge in [-0.15, -0.1) is 0 Å². The summed E-state index contributed by atoms with van der Waals surface area (Å²) < 4.78 is 13.2. The maximum Gasteiger partial charge on any atom is 0.299 e. The number of hydrogen-bond acceptors (Lipinski definition) is 3. The second-order valence-corrected chi connectivity index (χ2v) is 4.21. The summed E-state index contributed by atoms with van der Waals surface area (Å²) in [6.45, 7) is 3.18. The van der Waals surface area contributed by atoms with Crippen LogP contribution >= 0.6 is 0 Å². The van der Waals surface area contributed by atoms with Crippen molar-refractivity contribution in [3.63, 3.8) is 0 Å². The number of aryl methyl sites for hydroxylation is 1. The number of benzene rings is 1. The fourth-order valence-electron chi connectivity index (χ4n) is 2.04. The highest BCUT2D eigenvalue weighted by Gasteiger charge is 2.37. The fraction of sp³-hybridized carbons (Fsp3) is 0.333. The molecule has 0 aliphatic carbocycles. The summed E-state index contributed by atoms with van der Waals surface area (Å²) in [6, 6.07) is 2.32. The normalized spacial score (nSPS) is 16.4. The molecular weight excluding hydrogens is 225 g/mol. The number of amides is 1. The highest BCUT2D eigenvalue weighted by atomic mass is 19.1. The van der Waals surface area contributed by atoms with Gasteiger partial charge in [0.2, 0.25) is 0 Å². The zero-order chi connectivity index (χ0) is 12.7. The third-order valence-corrected chi connectivity index (χ3v) is 2.67. The van der Waals surface area contributed by atoms with Crippen LogP contribution in [0.5, 0.6) is 0 Å². The summed E-state index contributed by atoms with van der Waals surface area (Å²) in [4.78, 5) is 24.6. The number of nitrogens with zero attached hydrogens (tertiary/aromatic N) is 1. The van der Waals surface area contributed by atoms with E-state index in [1.807, 2.05) is 0 Å². The number of carbonyl (C=O) groups is 2. The van der Waals surface area contributed by atoms with Gasteiger partial charge in [0, 0.05) is 0 Å². The van der Waals surface area contributed by atoms with E-state index >= 15 is 0 Å². The molecule has 0 radical (unpaired) electrons. The lowest BCUT2D eigenvalue weighted by Crippen LogP contribution is -2.35. The van der Waals surface area contributed by atoms with Gasteiger partial charge >= 0.3 is 0 Å². The number of aliphatic hydroxyl groups is 1. The fourth-order valence-corrected chi connectivity index (χ4v) is 2.04. The molecule has 90 valence electrons. The van der Waals surface area contributed by atoms with Gasteiger partial charge < -0.3 is 10.0 Å². The molecule has 5 heteroatoms. The Kier molecular flexibility index (Phi) is 2.71. The maximum atomic E-state index is 13.2. The lowest BCUT2D eigenvalue weighted by Gasteiger charge is -2.19. The molecule has 17 heavy (non-hydrogen) atoms. The van der Waals surface area contributed by atoms with E-state index in [9.17, 15) is 19.1 Å². The molecule has 1 amide bonds. The Balaban J connectivity index is 2.56. The first-order chi connectivity index (χ1) is 7.91. The average Bonchev–Trinajstić information content (AvgIpc) is 2.43. The molecule has 0 saturated heterocycles. The molecule has 4 nitrogen and oxygen atoms in total. The van der Waals surface area contributed by atoms with Crippen molar-refractivity contribution in [1.29, 1.82) is 0 Å². The molecule has 1 aromatic carbocycles. The number of ketones is 1.